The molecule has 1 aromatic rings. The van der Waals surface area contributed by atoms with Crippen molar-refractivity contribution in [2.24, 2.45) is 10.7 Å². The predicted octanol–water partition coefficient (Wildman–Crippen LogP) is 3.29. The molecule has 0 saturated carbocycles. The lowest BCUT2D eigenvalue weighted by molar-refractivity contribution is 0.426. The van der Waals surface area contributed by atoms with Crippen molar-refractivity contribution < 1.29 is 4.21 Å². The minimum Gasteiger partial charge on any atom is -0.370 e. The molecule has 1 saturated heterocycles. The molecule has 22 heavy (non-hydrogen) atoms. The van der Waals surface area contributed by atoms with E-state index in [0.717, 1.165) is 23.5 Å². The summed E-state index contributed by atoms with van der Waals surface area (Å²) in [5.74, 6) is 0.646. The van der Waals surface area contributed by atoms with Gasteiger partial charge in [-0.15, -0.1) is 24.0 Å². The Balaban J connectivity index is 0.00000242. The van der Waals surface area contributed by atoms with Crippen LogP contribution < -0.4 is 5.73 Å². The van der Waals surface area contributed by atoms with Crippen LogP contribution >= 0.6 is 24.0 Å². The molecule has 1 aromatic carbocycles. The summed E-state index contributed by atoms with van der Waals surface area (Å²) in [6.07, 6.45) is 6.65. The zero-order valence-electron chi connectivity index (χ0n) is 13.3. The quantitative estimate of drug-likeness (QED) is 0.451. The monoisotopic (exact) mass is 435 g/mol. The number of guanidine groups is 1. The third-order valence-corrected chi connectivity index (χ3v) is 4.89. The molecule has 6 heteroatoms. The van der Waals surface area contributed by atoms with Gasteiger partial charge in [-0.3, -0.25) is 4.21 Å². The Morgan fingerprint density at radius 2 is 1.73 bits per heavy atom. The van der Waals surface area contributed by atoms with Crippen LogP contribution in [0.4, 0.5) is 0 Å². The van der Waals surface area contributed by atoms with Crippen LogP contribution in [0.3, 0.4) is 0 Å². The van der Waals surface area contributed by atoms with Crippen LogP contribution in [0.25, 0.3) is 0 Å². The Bertz CT molecular complexity index is 511. The molecule has 1 aliphatic rings. The average Bonchev–Trinajstić information content (AvgIpc) is 2.76. The van der Waals surface area contributed by atoms with Crippen molar-refractivity contribution in [3.63, 3.8) is 0 Å². The van der Waals surface area contributed by atoms with E-state index in [1.165, 1.54) is 25.7 Å². The first-order chi connectivity index (χ1) is 10.1. The normalized spacial score (nSPS) is 19.0. The van der Waals surface area contributed by atoms with E-state index < -0.39 is 10.8 Å². The molecular weight excluding hydrogens is 409 g/mol. The van der Waals surface area contributed by atoms with E-state index in [-0.39, 0.29) is 30.0 Å². The number of nitrogens with two attached hydrogens (primary N) is 1. The van der Waals surface area contributed by atoms with Crippen LogP contribution in [0, 0.1) is 0 Å². The highest BCUT2D eigenvalue weighted by atomic mass is 127. The van der Waals surface area contributed by atoms with Gasteiger partial charge in [-0.25, -0.2) is 4.99 Å². The van der Waals surface area contributed by atoms with Gasteiger partial charge in [0.25, 0.3) is 0 Å². The number of rotatable bonds is 3. The van der Waals surface area contributed by atoms with Gasteiger partial charge in [0.15, 0.2) is 5.96 Å². The fourth-order valence-electron chi connectivity index (χ4n) is 2.59. The molecule has 2 N–H and O–H groups in total. The molecule has 2 rings (SSSR count). The van der Waals surface area contributed by atoms with Crippen LogP contribution in [0.1, 0.15) is 44.2 Å². The van der Waals surface area contributed by atoms with E-state index in [2.05, 4.69) is 9.89 Å². The first kappa shape index (κ1) is 19.4. The highest BCUT2D eigenvalue weighted by Gasteiger charge is 2.13. The zero-order valence-corrected chi connectivity index (χ0v) is 16.5. The van der Waals surface area contributed by atoms with Crippen LogP contribution in [0.2, 0.25) is 0 Å². The molecule has 2 atom stereocenters. The molecule has 4 nitrogen and oxygen atoms in total. The Morgan fingerprint density at radius 3 is 2.23 bits per heavy atom. The summed E-state index contributed by atoms with van der Waals surface area (Å²) in [5.41, 5.74) is 7.26. The lowest BCUT2D eigenvalue weighted by Gasteiger charge is -2.22. The van der Waals surface area contributed by atoms with Crippen LogP contribution in [0.5, 0.6) is 0 Å². The Kier molecular flexibility index (Phi) is 8.38. The van der Waals surface area contributed by atoms with E-state index in [1.807, 2.05) is 31.2 Å². The van der Waals surface area contributed by atoms with Gasteiger partial charge < -0.3 is 10.6 Å². The van der Waals surface area contributed by atoms with Crippen LogP contribution in [0.15, 0.2) is 34.2 Å². The van der Waals surface area contributed by atoms with Gasteiger partial charge in [0.2, 0.25) is 0 Å². The fraction of sp³-hybridized carbons (Fsp3) is 0.562. The van der Waals surface area contributed by atoms with Gasteiger partial charge in [-0.1, -0.05) is 25.0 Å². The molecule has 1 aliphatic heterocycles. The Labute approximate surface area is 153 Å². The Morgan fingerprint density at radius 1 is 1.18 bits per heavy atom. The summed E-state index contributed by atoms with van der Waals surface area (Å²) in [5, 5.41) is 0. The molecule has 2 unspecified atom stereocenters. The maximum absolute atomic E-state index is 11.4. The van der Waals surface area contributed by atoms with E-state index in [0.29, 0.717) is 5.96 Å². The molecule has 0 spiro atoms. The van der Waals surface area contributed by atoms with Crippen molar-refractivity contribution in [3.05, 3.63) is 29.8 Å². The standard InChI is InChI=1S/C16H25N3OS.HI/c1-13(14-7-9-15(10-8-14)21(2)20)18-16(17)19-11-5-3-4-6-12-19;/h7-10,13H,3-6,11-12H2,1-2H3,(H2,17,18);1H. The topological polar surface area (TPSA) is 58.7 Å². The lowest BCUT2D eigenvalue weighted by atomic mass is 10.1. The van der Waals surface area contributed by atoms with E-state index in [9.17, 15) is 4.21 Å². The average molecular weight is 435 g/mol. The summed E-state index contributed by atoms with van der Waals surface area (Å²) >= 11 is 0. The molecule has 124 valence electrons. The summed E-state index contributed by atoms with van der Waals surface area (Å²) < 4.78 is 11.4. The number of hydrogen-bond acceptors (Lipinski definition) is 2. The van der Waals surface area contributed by atoms with E-state index in [1.54, 1.807) is 6.26 Å². The van der Waals surface area contributed by atoms with Gasteiger partial charge in [-0.05, 0) is 37.5 Å². The molecule has 1 fully saturated rings. The molecular formula is C16H26IN3OS. The molecule has 0 radical (unpaired) electrons. The number of hydrogen-bond donors (Lipinski definition) is 1. The maximum atomic E-state index is 11.4. The highest BCUT2D eigenvalue weighted by Crippen LogP contribution is 2.19. The molecule has 1 heterocycles. The minimum absolute atomic E-state index is 0. The number of likely N-dealkylation sites (tertiary alicyclic amines) is 1. The molecule has 0 aliphatic carbocycles. The Hall–Kier alpha value is -0.630. The number of benzene rings is 1. The number of aliphatic imine (C=N–C) groups is 1. The summed E-state index contributed by atoms with van der Waals surface area (Å²) in [4.78, 5) is 7.67. The second-order valence-electron chi connectivity index (χ2n) is 5.59. The maximum Gasteiger partial charge on any atom is 0.191 e. The van der Waals surface area contributed by atoms with E-state index in [4.69, 9.17) is 5.73 Å². The predicted molar refractivity (Wildman–Crippen MR) is 104 cm³/mol. The van der Waals surface area contributed by atoms with Crippen molar-refractivity contribution in [3.8, 4) is 0 Å². The summed E-state index contributed by atoms with van der Waals surface area (Å²) in [7, 11) is -0.936. The highest BCUT2D eigenvalue weighted by molar-refractivity contribution is 14.0. The van der Waals surface area contributed by atoms with Crippen LogP contribution in [-0.2, 0) is 10.8 Å². The van der Waals surface area contributed by atoms with Gasteiger partial charge in [0.1, 0.15) is 0 Å². The fourth-order valence-corrected chi connectivity index (χ4v) is 3.11. The molecule has 0 aromatic heterocycles. The second-order valence-corrected chi connectivity index (χ2v) is 6.97. The number of nitrogens with zero attached hydrogens (tertiary/aromatic N) is 2. The minimum atomic E-state index is -0.936. The van der Waals surface area contributed by atoms with Crippen molar-refractivity contribution in [2.75, 3.05) is 19.3 Å². The van der Waals surface area contributed by atoms with E-state index >= 15 is 0 Å². The van der Waals surface area contributed by atoms with Gasteiger partial charge in [-0.2, -0.15) is 0 Å². The van der Waals surface area contributed by atoms with Gasteiger partial charge in [0.05, 0.1) is 6.04 Å². The first-order valence-electron chi connectivity index (χ1n) is 7.59. The molecule has 0 bridgehead atoms. The largest absolute Gasteiger partial charge is 0.370 e. The van der Waals surface area contributed by atoms with Crippen molar-refractivity contribution in [2.45, 2.75) is 43.5 Å². The van der Waals surface area contributed by atoms with Gasteiger partial charge in [0, 0.05) is 35.0 Å². The zero-order chi connectivity index (χ0) is 15.2. The second kappa shape index (κ2) is 9.50. The summed E-state index contributed by atoms with van der Waals surface area (Å²) in [6, 6.07) is 7.80. The van der Waals surface area contributed by atoms with Crippen LogP contribution in [-0.4, -0.2) is 34.4 Å². The SMILES string of the molecule is CC(N=C(N)N1CCCCCC1)c1ccc(S(C)=O)cc1.I. The molecule has 0 amide bonds. The lowest BCUT2D eigenvalue weighted by Crippen LogP contribution is -2.38. The third kappa shape index (κ3) is 5.53. The van der Waals surface area contributed by atoms with Crippen molar-refractivity contribution in [1.82, 2.24) is 4.90 Å². The number of halogens is 1. The van der Waals surface area contributed by atoms with Crippen molar-refractivity contribution >= 4 is 40.7 Å². The smallest absolute Gasteiger partial charge is 0.191 e. The van der Waals surface area contributed by atoms with Gasteiger partial charge >= 0.3 is 0 Å². The summed E-state index contributed by atoms with van der Waals surface area (Å²) in [6.45, 7) is 4.06. The third-order valence-electron chi connectivity index (χ3n) is 3.95. The van der Waals surface area contributed by atoms with Crippen molar-refractivity contribution in [1.29, 1.82) is 0 Å². The first-order valence-corrected chi connectivity index (χ1v) is 9.15.